The van der Waals surface area contributed by atoms with Crippen LogP contribution in [0.1, 0.15) is 271 Å². The van der Waals surface area contributed by atoms with Crippen LogP contribution in [0.2, 0.25) is 0 Å². The first-order chi connectivity index (χ1) is 32.3. The Kier molecular flexibility index (Phi) is 52.0. The highest BCUT2D eigenvalue weighted by molar-refractivity contribution is 7.47. The molecule has 0 heterocycles. The number of aliphatic hydroxyl groups excluding tert-OH is 2. The zero-order chi connectivity index (χ0) is 48.1. The molecular weight excluding hydrogens is 848 g/mol. The zero-order valence-electron chi connectivity index (χ0n) is 43.2. The third-order valence-electron chi connectivity index (χ3n) is 12.3. The average Bonchev–Trinajstić information content (AvgIpc) is 3.31. The minimum Gasteiger partial charge on any atom is -0.457 e. The quantitative estimate of drug-likeness (QED) is 0.0236. The first-order valence-electron chi connectivity index (χ1n) is 28.0. The lowest BCUT2D eigenvalue weighted by atomic mass is 10.0. The number of hydrogen-bond donors (Lipinski definition) is 3. The van der Waals surface area contributed by atoms with Crippen molar-refractivity contribution in [3.05, 3.63) is 36.5 Å². The van der Waals surface area contributed by atoms with Crippen LogP contribution in [-0.2, 0) is 27.9 Å². The van der Waals surface area contributed by atoms with E-state index < -0.39 is 33.2 Å². The molecule has 3 N–H and O–H groups in total. The smallest absolute Gasteiger partial charge is 0.457 e. The molecule has 0 fully saturated rings. The maximum atomic E-state index is 12.7. The Balaban J connectivity index is 4.02. The van der Waals surface area contributed by atoms with Crippen LogP contribution in [0.25, 0.3) is 0 Å². The van der Waals surface area contributed by atoms with Gasteiger partial charge in [0.15, 0.2) is 0 Å². The van der Waals surface area contributed by atoms with E-state index in [4.69, 9.17) is 23.6 Å². The number of aliphatic hydroxyl groups is 2. The van der Waals surface area contributed by atoms with Gasteiger partial charge in [0, 0.05) is 13.0 Å². The Bertz CT molecular complexity index is 1130. The summed E-state index contributed by atoms with van der Waals surface area (Å²) in [5.41, 5.74) is 0. The van der Waals surface area contributed by atoms with E-state index in [1.165, 1.54) is 205 Å². The van der Waals surface area contributed by atoms with Gasteiger partial charge < -0.3 is 24.6 Å². The van der Waals surface area contributed by atoms with Gasteiger partial charge in [-0.25, -0.2) is 4.57 Å². The molecule has 0 aromatic carbocycles. The van der Waals surface area contributed by atoms with E-state index in [0.29, 0.717) is 6.61 Å². The molecule has 0 spiro atoms. The van der Waals surface area contributed by atoms with Crippen LogP contribution in [0.3, 0.4) is 0 Å². The zero-order valence-corrected chi connectivity index (χ0v) is 44.1. The van der Waals surface area contributed by atoms with E-state index in [1.54, 1.807) is 0 Å². The molecule has 10 heteroatoms. The molecule has 0 saturated carbocycles. The molecule has 0 bridgehead atoms. The third kappa shape index (κ3) is 52.1. The van der Waals surface area contributed by atoms with Gasteiger partial charge in [0.1, 0.15) is 12.2 Å². The molecule has 0 aliphatic rings. The Morgan fingerprint density at radius 2 is 0.818 bits per heavy atom. The van der Waals surface area contributed by atoms with Gasteiger partial charge >= 0.3 is 13.8 Å². The molecule has 9 nitrogen and oxygen atoms in total. The van der Waals surface area contributed by atoms with Crippen molar-refractivity contribution in [2.45, 2.75) is 283 Å². The largest absolute Gasteiger partial charge is 0.472 e. The number of allylic oxidation sites excluding steroid dienone is 6. The van der Waals surface area contributed by atoms with Gasteiger partial charge in [0.05, 0.1) is 26.4 Å². The van der Waals surface area contributed by atoms with Gasteiger partial charge in [-0.1, -0.05) is 230 Å². The summed E-state index contributed by atoms with van der Waals surface area (Å²) in [5, 5.41) is 18.5. The Hall–Kier alpha value is -1.32. The average molecular weight is 955 g/mol. The summed E-state index contributed by atoms with van der Waals surface area (Å²) in [4.78, 5) is 22.8. The Morgan fingerprint density at radius 1 is 0.470 bits per heavy atom. The topological polar surface area (TPSA) is 132 Å². The Labute approximate surface area is 407 Å². The van der Waals surface area contributed by atoms with E-state index >= 15 is 0 Å². The molecule has 0 radical (unpaired) electrons. The maximum Gasteiger partial charge on any atom is 0.472 e. The highest BCUT2D eigenvalue weighted by Gasteiger charge is 2.26. The molecule has 0 aliphatic heterocycles. The maximum absolute atomic E-state index is 12.7. The van der Waals surface area contributed by atoms with Crippen molar-refractivity contribution in [2.24, 2.45) is 0 Å². The molecule has 0 rings (SSSR count). The second-order valence-electron chi connectivity index (χ2n) is 19.0. The molecular formula is C56H107O9P. The van der Waals surface area contributed by atoms with Crippen molar-refractivity contribution in [1.29, 1.82) is 0 Å². The molecule has 0 aromatic heterocycles. The number of phosphoric ester groups is 1. The molecule has 0 amide bonds. The van der Waals surface area contributed by atoms with Crippen molar-refractivity contribution < 1.29 is 43.0 Å². The van der Waals surface area contributed by atoms with Crippen LogP contribution in [0.5, 0.6) is 0 Å². The lowest BCUT2D eigenvalue weighted by molar-refractivity contribution is -0.154. The number of ether oxygens (including phenoxy) is 2. The van der Waals surface area contributed by atoms with Crippen LogP contribution in [0.15, 0.2) is 36.5 Å². The normalized spacial score (nSPS) is 14.0. The summed E-state index contributed by atoms with van der Waals surface area (Å²) < 4.78 is 33.6. The second kappa shape index (κ2) is 53.0. The number of unbranched alkanes of at least 4 members (excludes halogenated alkanes) is 34. The standard InChI is InChI=1S/C56H107O9P/c1-3-5-7-9-11-13-15-17-19-21-23-25-27-28-30-32-34-36-38-40-42-44-46-48-56(59)65-55(53-64-66(60,61)63-51-54(58)50-57)52-62-49-47-45-43-41-39-37-35-33-31-29-26-24-22-20-18-16-14-12-10-8-6-4-2/h16,18,21-24,54-55,57-58H,3-15,17,19-20,25-53H2,1-2H3,(H,60,61)/b18-16-,23-21-,24-22-. The molecule has 0 aromatic rings. The van der Waals surface area contributed by atoms with Crippen molar-refractivity contribution >= 4 is 13.8 Å². The van der Waals surface area contributed by atoms with E-state index in [9.17, 15) is 19.4 Å². The predicted molar refractivity (Wildman–Crippen MR) is 279 cm³/mol. The SMILES string of the molecule is CCCCCCC/C=C\C/C=C\CCCCCCCCCCCCOCC(COP(=O)(O)OCC(O)CO)OC(=O)CCCCCCCCCCCCC/C=C\CCCCCCCCCC. The van der Waals surface area contributed by atoms with E-state index in [1.807, 2.05) is 0 Å². The summed E-state index contributed by atoms with van der Waals surface area (Å²) >= 11 is 0. The van der Waals surface area contributed by atoms with Gasteiger partial charge in [0.2, 0.25) is 0 Å². The molecule has 390 valence electrons. The second-order valence-corrected chi connectivity index (χ2v) is 20.4. The summed E-state index contributed by atoms with van der Waals surface area (Å²) in [5.74, 6) is -0.380. The van der Waals surface area contributed by atoms with Crippen molar-refractivity contribution in [2.75, 3.05) is 33.0 Å². The number of rotatable bonds is 54. The highest BCUT2D eigenvalue weighted by atomic mass is 31.2. The lowest BCUT2D eigenvalue weighted by Gasteiger charge is -2.20. The molecule has 0 aliphatic carbocycles. The van der Waals surface area contributed by atoms with Gasteiger partial charge in [-0.3, -0.25) is 13.8 Å². The van der Waals surface area contributed by atoms with E-state index in [2.05, 4.69) is 50.3 Å². The van der Waals surface area contributed by atoms with Crippen molar-refractivity contribution in [3.8, 4) is 0 Å². The number of esters is 1. The van der Waals surface area contributed by atoms with Crippen LogP contribution >= 0.6 is 7.82 Å². The highest BCUT2D eigenvalue weighted by Crippen LogP contribution is 2.43. The van der Waals surface area contributed by atoms with Crippen LogP contribution in [0.4, 0.5) is 0 Å². The predicted octanol–water partition coefficient (Wildman–Crippen LogP) is 16.7. The number of phosphoric acid groups is 1. The molecule has 66 heavy (non-hydrogen) atoms. The number of hydrogen-bond acceptors (Lipinski definition) is 8. The van der Waals surface area contributed by atoms with E-state index in [0.717, 1.165) is 44.9 Å². The summed E-state index contributed by atoms with van der Waals surface area (Å²) in [6.45, 7) is 3.55. The Morgan fingerprint density at radius 3 is 1.23 bits per heavy atom. The van der Waals surface area contributed by atoms with Crippen LogP contribution in [-0.4, -0.2) is 66.3 Å². The fourth-order valence-electron chi connectivity index (χ4n) is 8.03. The van der Waals surface area contributed by atoms with Crippen molar-refractivity contribution in [3.63, 3.8) is 0 Å². The first kappa shape index (κ1) is 64.7. The minimum absolute atomic E-state index is 0.0492. The lowest BCUT2D eigenvalue weighted by Crippen LogP contribution is -2.29. The summed E-state index contributed by atoms with van der Waals surface area (Å²) in [6.07, 6.45) is 61.2. The number of carbonyl (C=O) groups is 1. The van der Waals surface area contributed by atoms with Crippen molar-refractivity contribution in [1.82, 2.24) is 0 Å². The van der Waals surface area contributed by atoms with Gasteiger partial charge in [-0.2, -0.15) is 0 Å². The minimum atomic E-state index is -4.53. The molecule has 0 saturated heterocycles. The molecule has 3 unspecified atom stereocenters. The monoisotopic (exact) mass is 955 g/mol. The van der Waals surface area contributed by atoms with Gasteiger partial charge in [-0.05, 0) is 70.6 Å². The van der Waals surface area contributed by atoms with Gasteiger partial charge in [0.25, 0.3) is 0 Å². The third-order valence-corrected chi connectivity index (χ3v) is 13.2. The van der Waals surface area contributed by atoms with E-state index in [-0.39, 0.29) is 25.6 Å². The number of carbonyl (C=O) groups excluding carboxylic acids is 1. The molecule has 3 atom stereocenters. The fraction of sp³-hybridized carbons (Fsp3) is 0.875. The van der Waals surface area contributed by atoms with Gasteiger partial charge in [-0.15, -0.1) is 0 Å². The first-order valence-corrected chi connectivity index (χ1v) is 29.5. The van der Waals surface area contributed by atoms with Crippen LogP contribution < -0.4 is 0 Å². The summed E-state index contributed by atoms with van der Waals surface area (Å²) in [7, 11) is -4.53. The fourth-order valence-corrected chi connectivity index (χ4v) is 8.82. The van der Waals surface area contributed by atoms with Crippen LogP contribution in [0, 0.1) is 0 Å². The summed E-state index contributed by atoms with van der Waals surface area (Å²) in [6, 6.07) is 0.